The second-order valence-electron chi connectivity index (χ2n) is 5.48. The molecule has 0 amide bonds. The van der Waals surface area contributed by atoms with Gasteiger partial charge in [0.2, 0.25) is 0 Å². The van der Waals surface area contributed by atoms with Crippen LogP contribution in [0.4, 0.5) is 0 Å². The van der Waals surface area contributed by atoms with Gasteiger partial charge in [0.25, 0.3) is 10.0 Å². The standard InChI is InChI=1S/C14H20N2O4S/c1-16(10-11-5-3-2-4-6-11)21(19,20)13-8-7-12(9-15-13)14(17)18/h7-9,11H,2-6,10H2,1H3,(H,17,18). The van der Waals surface area contributed by atoms with E-state index in [1.807, 2.05) is 0 Å². The lowest BCUT2D eigenvalue weighted by Gasteiger charge is -2.26. The first-order valence-corrected chi connectivity index (χ1v) is 8.51. The predicted molar refractivity (Wildman–Crippen MR) is 77.6 cm³/mol. The summed E-state index contributed by atoms with van der Waals surface area (Å²) in [6.45, 7) is 0.491. The lowest BCUT2D eigenvalue weighted by atomic mass is 9.89. The van der Waals surface area contributed by atoms with Crippen LogP contribution >= 0.6 is 0 Å². The van der Waals surface area contributed by atoms with E-state index in [1.54, 1.807) is 7.05 Å². The van der Waals surface area contributed by atoms with E-state index in [0.717, 1.165) is 31.9 Å². The molecule has 0 unspecified atom stereocenters. The first-order chi connectivity index (χ1) is 9.91. The minimum Gasteiger partial charge on any atom is -0.478 e. The van der Waals surface area contributed by atoms with Crippen LogP contribution in [0.25, 0.3) is 0 Å². The number of rotatable bonds is 5. The number of hydrogen-bond acceptors (Lipinski definition) is 4. The predicted octanol–water partition coefficient (Wildman–Crippen LogP) is 1.98. The van der Waals surface area contributed by atoms with Crippen LogP contribution in [0.3, 0.4) is 0 Å². The zero-order chi connectivity index (χ0) is 15.5. The number of nitrogens with zero attached hydrogens (tertiary/aromatic N) is 2. The van der Waals surface area contributed by atoms with Gasteiger partial charge in [-0.15, -0.1) is 0 Å². The maximum Gasteiger partial charge on any atom is 0.337 e. The van der Waals surface area contributed by atoms with Crippen LogP contribution in [0.1, 0.15) is 42.5 Å². The largest absolute Gasteiger partial charge is 0.478 e. The maximum atomic E-state index is 12.4. The summed E-state index contributed by atoms with van der Waals surface area (Å²) in [6, 6.07) is 2.51. The normalized spacial score (nSPS) is 17.0. The number of carboxylic acids is 1. The van der Waals surface area contributed by atoms with E-state index in [4.69, 9.17) is 5.11 Å². The first-order valence-electron chi connectivity index (χ1n) is 7.07. The van der Waals surface area contributed by atoms with Crippen LogP contribution in [-0.4, -0.2) is 42.4 Å². The molecule has 1 fully saturated rings. The van der Waals surface area contributed by atoms with Crippen molar-refractivity contribution in [2.24, 2.45) is 5.92 Å². The summed E-state index contributed by atoms with van der Waals surface area (Å²) in [5.74, 6) is -0.723. The van der Waals surface area contributed by atoms with Crippen molar-refractivity contribution in [2.75, 3.05) is 13.6 Å². The van der Waals surface area contributed by atoms with Crippen LogP contribution in [0.5, 0.6) is 0 Å². The molecule has 1 aromatic rings. The highest BCUT2D eigenvalue weighted by Gasteiger charge is 2.26. The van der Waals surface area contributed by atoms with Gasteiger partial charge in [-0.3, -0.25) is 0 Å². The highest BCUT2D eigenvalue weighted by molar-refractivity contribution is 7.89. The van der Waals surface area contributed by atoms with E-state index in [0.29, 0.717) is 12.5 Å². The molecule has 7 heteroatoms. The van der Waals surface area contributed by atoms with E-state index in [9.17, 15) is 13.2 Å². The molecule has 0 saturated heterocycles. The lowest BCUT2D eigenvalue weighted by Crippen LogP contribution is -2.33. The third-order valence-corrected chi connectivity index (χ3v) is 5.64. The topological polar surface area (TPSA) is 87.6 Å². The number of carbonyl (C=O) groups is 1. The Balaban J connectivity index is 2.10. The van der Waals surface area contributed by atoms with Gasteiger partial charge in [-0.05, 0) is 30.9 Å². The molecular formula is C14H20N2O4S. The van der Waals surface area contributed by atoms with E-state index in [2.05, 4.69) is 4.98 Å². The number of carboxylic acid groups (broad SMARTS) is 1. The fourth-order valence-corrected chi connectivity index (χ4v) is 3.80. The average Bonchev–Trinajstić information content (AvgIpc) is 2.48. The van der Waals surface area contributed by atoms with Gasteiger partial charge in [-0.1, -0.05) is 19.3 Å². The first kappa shape index (κ1) is 15.9. The minimum atomic E-state index is -3.65. The molecule has 0 atom stereocenters. The van der Waals surface area contributed by atoms with Crippen LogP contribution in [0.2, 0.25) is 0 Å². The Hall–Kier alpha value is -1.47. The number of pyridine rings is 1. The highest BCUT2D eigenvalue weighted by atomic mass is 32.2. The van der Waals surface area contributed by atoms with Crippen molar-refractivity contribution in [2.45, 2.75) is 37.1 Å². The van der Waals surface area contributed by atoms with Crippen molar-refractivity contribution in [3.8, 4) is 0 Å². The second-order valence-corrected chi connectivity index (χ2v) is 7.47. The van der Waals surface area contributed by atoms with Gasteiger partial charge in [0.05, 0.1) is 5.56 Å². The number of hydrogen-bond donors (Lipinski definition) is 1. The van der Waals surface area contributed by atoms with Gasteiger partial charge in [-0.25, -0.2) is 18.2 Å². The van der Waals surface area contributed by atoms with Crippen molar-refractivity contribution in [1.29, 1.82) is 0 Å². The molecule has 1 saturated carbocycles. The average molecular weight is 312 g/mol. The summed E-state index contributed by atoms with van der Waals surface area (Å²) < 4.78 is 26.1. The minimum absolute atomic E-state index is 0.0242. The summed E-state index contributed by atoms with van der Waals surface area (Å²) in [6.07, 6.45) is 6.74. The van der Waals surface area contributed by atoms with E-state index >= 15 is 0 Å². The molecule has 1 N–H and O–H groups in total. The summed E-state index contributed by atoms with van der Waals surface area (Å²) in [5.41, 5.74) is -0.0242. The molecule has 1 aromatic heterocycles. The third-order valence-electron chi connectivity index (χ3n) is 3.90. The molecule has 116 valence electrons. The van der Waals surface area contributed by atoms with Crippen LogP contribution in [0, 0.1) is 5.92 Å². The molecule has 0 bridgehead atoms. The molecule has 0 aromatic carbocycles. The summed E-state index contributed by atoms with van der Waals surface area (Å²) >= 11 is 0. The fraction of sp³-hybridized carbons (Fsp3) is 0.571. The Morgan fingerprint density at radius 2 is 2.00 bits per heavy atom. The summed E-state index contributed by atoms with van der Waals surface area (Å²) in [4.78, 5) is 14.5. The molecule has 1 aliphatic carbocycles. The van der Waals surface area contributed by atoms with Crippen molar-refractivity contribution >= 4 is 16.0 Å². The fourth-order valence-electron chi connectivity index (χ4n) is 2.65. The Morgan fingerprint density at radius 3 is 2.52 bits per heavy atom. The van der Waals surface area contributed by atoms with Crippen molar-refractivity contribution in [3.63, 3.8) is 0 Å². The van der Waals surface area contributed by atoms with Gasteiger partial charge in [0.1, 0.15) is 0 Å². The lowest BCUT2D eigenvalue weighted by molar-refractivity contribution is 0.0696. The monoisotopic (exact) mass is 312 g/mol. The van der Waals surface area contributed by atoms with Crippen molar-refractivity contribution < 1.29 is 18.3 Å². The summed E-state index contributed by atoms with van der Waals surface area (Å²) in [5, 5.41) is 8.70. The SMILES string of the molecule is CN(CC1CCCCC1)S(=O)(=O)c1ccc(C(=O)O)cn1. The zero-order valence-corrected chi connectivity index (χ0v) is 12.8. The van der Waals surface area contributed by atoms with Crippen LogP contribution < -0.4 is 0 Å². The number of aromatic nitrogens is 1. The van der Waals surface area contributed by atoms with E-state index in [-0.39, 0.29) is 10.6 Å². The van der Waals surface area contributed by atoms with Gasteiger partial charge >= 0.3 is 5.97 Å². The van der Waals surface area contributed by atoms with Crippen molar-refractivity contribution in [1.82, 2.24) is 9.29 Å². The quantitative estimate of drug-likeness (QED) is 0.898. The molecule has 2 rings (SSSR count). The van der Waals surface area contributed by atoms with Gasteiger partial charge in [0, 0.05) is 19.8 Å². The van der Waals surface area contributed by atoms with E-state index < -0.39 is 16.0 Å². The summed E-state index contributed by atoms with van der Waals surface area (Å²) in [7, 11) is -2.10. The van der Waals surface area contributed by atoms with Gasteiger partial charge in [-0.2, -0.15) is 4.31 Å². The zero-order valence-electron chi connectivity index (χ0n) is 12.0. The van der Waals surface area contributed by atoms with Crippen LogP contribution in [-0.2, 0) is 10.0 Å². The molecule has 0 spiro atoms. The second kappa shape index (κ2) is 6.53. The Bertz CT molecular complexity index is 592. The molecular weight excluding hydrogens is 292 g/mol. The molecule has 1 aliphatic rings. The Kier molecular flexibility index (Phi) is 4.95. The third kappa shape index (κ3) is 3.79. The number of aromatic carboxylic acids is 1. The van der Waals surface area contributed by atoms with Crippen molar-refractivity contribution in [3.05, 3.63) is 23.9 Å². The Labute approximate surface area is 124 Å². The molecule has 21 heavy (non-hydrogen) atoms. The van der Waals surface area contributed by atoms with Crippen LogP contribution in [0.15, 0.2) is 23.4 Å². The molecule has 6 nitrogen and oxygen atoms in total. The molecule has 0 radical (unpaired) electrons. The van der Waals surface area contributed by atoms with Gasteiger partial charge < -0.3 is 5.11 Å². The van der Waals surface area contributed by atoms with E-state index in [1.165, 1.54) is 22.9 Å². The maximum absolute atomic E-state index is 12.4. The number of sulfonamides is 1. The smallest absolute Gasteiger partial charge is 0.337 e. The Morgan fingerprint density at radius 1 is 1.33 bits per heavy atom. The molecule has 0 aliphatic heterocycles. The van der Waals surface area contributed by atoms with Gasteiger partial charge in [0.15, 0.2) is 5.03 Å². The highest BCUT2D eigenvalue weighted by Crippen LogP contribution is 2.25. The molecule has 1 heterocycles.